The summed E-state index contributed by atoms with van der Waals surface area (Å²) in [5.74, 6) is 0.987. The van der Waals surface area contributed by atoms with E-state index in [1.165, 1.54) is 12.1 Å². The van der Waals surface area contributed by atoms with Crippen molar-refractivity contribution in [2.75, 3.05) is 0 Å². The molecule has 0 amide bonds. The molecule has 0 atom stereocenters. The number of hydrogen-bond donors (Lipinski definition) is 1. The fraction of sp³-hybridized carbons (Fsp3) is 0.143. The quantitative estimate of drug-likeness (QED) is 0.899. The van der Waals surface area contributed by atoms with Gasteiger partial charge < -0.3 is 14.6 Å². The van der Waals surface area contributed by atoms with Crippen LogP contribution in [0.4, 0.5) is 8.78 Å². The number of aliphatic hydroxyl groups is 1. The molecule has 100 valence electrons. The summed E-state index contributed by atoms with van der Waals surface area (Å²) in [5, 5.41) is 8.91. The summed E-state index contributed by atoms with van der Waals surface area (Å²) in [4.78, 5) is 0. The zero-order valence-corrected chi connectivity index (χ0v) is 9.92. The molecule has 2 rings (SSSR count). The van der Waals surface area contributed by atoms with Crippen molar-refractivity contribution < 1.29 is 23.4 Å². The molecule has 0 aliphatic carbocycles. The van der Waals surface area contributed by atoms with Crippen molar-refractivity contribution in [3.8, 4) is 17.2 Å². The van der Waals surface area contributed by atoms with Crippen molar-refractivity contribution in [2.45, 2.75) is 13.2 Å². The van der Waals surface area contributed by atoms with E-state index in [1.54, 1.807) is 36.4 Å². The van der Waals surface area contributed by atoms with Gasteiger partial charge in [-0.05, 0) is 29.8 Å². The van der Waals surface area contributed by atoms with E-state index in [1.807, 2.05) is 0 Å². The van der Waals surface area contributed by atoms with E-state index in [0.717, 1.165) is 5.56 Å². The fourth-order valence-electron chi connectivity index (χ4n) is 1.51. The molecule has 0 aliphatic rings. The molecule has 0 spiro atoms. The minimum Gasteiger partial charge on any atom is -0.457 e. The second kappa shape index (κ2) is 6.15. The molecule has 0 saturated carbocycles. The maximum absolute atomic E-state index is 12.1. The van der Waals surface area contributed by atoms with E-state index in [9.17, 15) is 8.78 Å². The lowest BCUT2D eigenvalue weighted by Crippen LogP contribution is -2.01. The molecular formula is C14H12F2O3. The van der Waals surface area contributed by atoms with E-state index >= 15 is 0 Å². The normalized spacial score (nSPS) is 10.5. The Balaban J connectivity index is 2.09. The summed E-state index contributed by atoms with van der Waals surface area (Å²) < 4.78 is 33.9. The molecule has 2 aromatic rings. The van der Waals surface area contributed by atoms with Crippen LogP contribution in [-0.4, -0.2) is 11.7 Å². The van der Waals surface area contributed by atoms with Crippen molar-refractivity contribution >= 4 is 0 Å². The third-order valence-corrected chi connectivity index (χ3v) is 2.37. The van der Waals surface area contributed by atoms with E-state index in [0.29, 0.717) is 11.5 Å². The topological polar surface area (TPSA) is 38.7 Å². The maximum atomic E-state index is 12.1. The second-order valence-electron chi connectivity index (χ2n) is 3.76. The zero-order valence-electron chi connectivity index (χ0n) is 9.92. The van der Waals surface area contributed by atoms with E-state index in [4.69, 9.17) is 9.84 Å². The summed E-state index contributed by atoms with van der Waals surface area (Å²) in [6, 6.07) is 12.8. The maximum Gasteiger partial charge on any atom is 0.387 e. The van der Waals surface area contributed by atoms with Gasteiger partial charge in [0.1, 0.15) is 17.2 Å². The lowest BCUT2D eigenvalue weighted by atomic mass is 10.2. The first-order valence-corrected chi connectivity index (χ1v) is 5.60. The third-order valence-electron chi connectivity index (χ3n) is 2.37. The predicted octanol–water partition coefficient (Wildman–Crippen LogP) is 3.57. The molecule has 0 unspecified atom stereocenters. The van der Waals surface area contributed by atoms with Crippen LogP contribution in [0.1, 0.15) is 5.56 Å². The highest BCUT2D eigenvalue weighted by atomic mass is 19.3. The van der Waals surface area contributed by atoms with Crippen molar-refractivity contribution in [3.63, 3.8) is 0 Å². The molecule has 5 heteroatoms. The molecule has 2 aromatic carbocycles. The average molecular weight is 266 g/mol. The Kier molecular flexibility index (Phi) is 4.30. The fourth-order valence-corrected chi connectivity index (χ4v) is 1.51. The number of alkyl halides is 2. The van der Waals surface area contributed by atoms with E-state index < -0.39 is 6.61 Å². The smallest absolute Gasteiger partial charge is 0.387 e. The number of hydrogen-bond acceptors (Lipinski definition) is 3. The molecule has 0 heterocycles. The molecule has 1 N–H and O–H groups in total. The summed E-state index contributed by atoms with van der Waals surface area (Å²) in [5.41, 5.74) is 0.766. The number of aliphatic hydroxyl groups excluding tert-OH is 1. The molecule has 0 radical (unpaired) electrons. The van der Waals surface area contributed by atoms with Gasteiger partial charge in [-0.3, -0.25) is 0 Å². The minimum absolute atomic E-state index is 0.0412. The third kappa shape index (κ3) is 3.93. The van der Waals surface area contributed by atoms with Crippen LogP contribution >= 0.6 is 0 Å². The monoisotopic (exact) mass is 266 g/mol. The van der Waals surface area contributed by atoms with Gasteiger partial charge in [-0.15, -0.1) is 0 Å². The Labute approximate surface area is 109 Å². The van der Waals surface area contributed by atoms with Gasteiger partial charge >= 0.3 is 6.61 Å². The van der Waals surface area contributed by atoms with Crippen molar-refractivity contribution in [2.24, 2.45) is 0 Å². The van der Waals surface area contributed by atoms with Gasteiger partial charge in [0.2, 0.25) is 0 Å². The molecule has 0 aliphatic heterocycles. The van der Waals surface area contributed by atoms with Crippen LogP contribution in [-0.2, 0) is 6.61 Å². The van der Waals surface area contributed by atoms with Crippen LogP contribution in [0, 0.1) is 0 Å². The first-order chi connectivity index (χ1) is 9.17. The van der Waals surface area contributed by atoms with Gasteiger partial charge in [-0.25, -0.2) is 0 Å². The highest BCUT2D eigenvalue weighted by Crippen LogP contribution is 2.26. The number of rotatable bonds is 5. The first-order valence-electron chi connectivity index (χ1n) is 5.60. The summed E-state index contributed by atoms with van der Waals surface area (Å²) >= 11 is 0. The van der Waals surface area contributed by atoms with Gasteiger partial charge in [0, 0.05) is 6.07 Å². The molecule has 0 aromatic heterocycles. The highest BCUT2D eigenvalue weighted by Gasteiger charge is 2.05. The van der Waals surface area contributed by atoms with Crippen molar-refractivity contribution in [3.05, 3.63) is 54.1 Å². The number of halogens is 2. The van der Waals surface area contributed by atoms with Gasteiger partial charge in [-0.1, -0.05) is 18.2 Å². The SMILES string of the molecule is OCc1ccc(Oc2cccc(OC(F)F)c2)cc1. The van der Waals surface area contributed by atoms with Crippen molar-refractivity contribution in [1.82, 2.24) is 0 Å². The Morgan fingerprint density at radius 1 is 0.947 bits per heavy atom. The Bertz CT molecular complexity index is 526. The largest absolute Gasteiger partial charge is 0.457 e. The summed E-state index contributed by atoms with van der Waals surface area (Å²) in [6.45, 7) is -2.91. The van der Waals surface area contributed by atoms with E-state index in [-0.39, 0.29) is 12.4 Å². The summed E-state index contributed by atoms with van der Waals surface area (Å²) in [7, 11) is 0. The van der Waals surface area contributed by atoms with Crippen LogP contribution < -0.4 is 9.47 Å². The predicted molar refractivity (Wildman–Crippen MR) is 65.5 cm³/mol. The van der Waals surface area contributed by atoms with Crippen LogP contribution in [0.25, 0.3) is 0 Å². The molecule has 0 saturated heterocycles. The van der Waals surface area contributed by atoms with Crippen LogP contribution in [0.5, 0.6) is 17.2 Å². The number of benzene rings is 2. The standard InChI is InChI=1S/C14H12F2O3/c15-14(16)19-13-3-1-2-12(8-13)18-11-6-4-10(9-17)5-7-11/h1-8,14,17H,9H2. The molecule has 3 nitrogen and oxygen atoms in total. The first kappa shape index (κ1) is 13.3. The van der Waals surface area contributed by atoms with Crippen molar-refractivity contribution in [1.29, 1.82) is 0 Å². The van der Waals surface area contributed by atoms with Crippen LogP contribution in [0.15, 0.2) is 48.5 Å². The second-order valence-corrected chi connectivity index (χ2v) is 3.76. The zero-order chi connectivity index (χ0) is 13.7. The van der Waals surface area contributed by atoms with Gasteiger partial charge in [-0.2, -0.15) is 8.78 Å². The molecule has 0 fully saturated rings. The van der Waals surface area contributed by atoms with Gasteiger partial charge in [0.15, 0.2) is 0 Å². The minimum atomic E-state index is -2.86. The molecule has 0 bridgehead atoms. The Morgan fingerprint density at radius 3 is 2.26 bits per heavy atom. The Hall–Kier alpha value is -2.14. The summed E-state index contributed by atoms with van der Waals surface area (Å²) in [6.07, 6.45) is 0. The number of ether oxygens (including phenoxy) is 2. The highest BCUT2D eigenvalue weighted by molar-refractivity contribution is 5.37. The van der Waals surface area contributed by atoms with Gasteiger partial charge in [0.05, 0.1) is 6.61 Å². The molecular weight excluding hydrogens is 254 g/mol. The lowest BCUT2D eigenvalue weighted by molar-refractivity contribution is -0.0499. The van der Waals surface area contributed by atoms with Gasteiger partial charge in [0.25, 0.3) is 0 Å². The van der Waals surface area contributed by atoms with Crippen LogP contribution in [0.2, 0.25) is 0 Å². The Morgan fingerprint density at radius 2 is 1.63 bits per heavy atom. The average Bonchev–Trinajstić information content (AvgIpc) is 2.39. The van der Waals surface area contributed by atoms with E-state index in [2.05, 4.69) is 4.74 Å². The lowest BCUT2D eigenvalue weighted by Gasteiger charge is -2.08. The molecule has 19 heavy (non-hydrogen) atoms. The van der Waals surface area contributed by atoms with Crippen LogP contribution in [0.3, 0.4) is 0 Å².